The van der Waals surface area contributed by atoms with E-state index in [1.807, 2.05) is 0 Å². The number of esters is 1. The topological polar surface area (TPSA) is 72.9 Å². The number of imide groups is 1. The van der Waals surface area contributed by atoms with Crippen LogP contribution < -0.4 is 0 Å². The van der Waals surface area contributed by atoms with Crippen LogP contribution in [0.5, 0.6) is 0 Å². The van der Waals surface area contributed by atoms with Crippen molar-refractivity contribution in [3.8, 4) is 0 Å². The molecule has 2 rings (SSSR count). The third-order valence-corrected chi connectivity index (χ3v) is 3.74. The lowest BCUT2D eigenvalue weighted by Crippen LogP contribution is -2.43. The number of allylic oxidation sites excluding steroid dienone is 1. The zero-order chi connectivity index (χ0) is 14.7. The number of carbonyl (C=O) groups is 3. The molecule has 6 nitrogen and oxygen atoms in total. The normalized spacial score (nSPS) is 26.4. The molecule has 1 saturated carbocycles. The van der Waals surface area contributed by atoms with Gasteiger partial charge in [-0.1, -0.05) is 12.2 Å². The lowest BCUT2D eigenvalue weighted by Gasteiger charge is -2.31. The summed E-state index contributed by atoms with van der Waals surface area (Å²) >= 11 is 0. The molecule has 0 radical (unpaired) electrons. The fourth-order valence-corrected chi connectivity index (χ4v) is 2.70. The van der Waals surface area contributed by atoms with Gasteiger partial charge in [0.2, 0.25) is 5.91 Å². The molecule has 1 heterocycles. The molecule has 1 saturated heterocycles. The summed E-state index contributed by atoms with van der Waals surface area (Å²) < 4.78 is 9.81. The maximum absolute atomic E-state index is 12.5. The smallest absolute Gasteiger partial charge is 0.416 e. The van der Waals surface area contributed by atoms with Gasteiger partial charge < -0.3 is 9.47 Å². The number of carbonyl (C=O) groups excluding carboxylic acids is 3. The molecular formula is C14H19NO5. The van der Waals surface area contributed by atoms with E-state index in [1.165, 1.54) is 0 Å². The number of ether oxygens (including phenoxy) is 2. The van der Waals surface area contributed by atoms with Crippen molar-refractivity contribution >= 4 is 18.0 Å². The first-order valence-electron chi connectivity index (χ1n) is 6.86. The quantitative estimate of drug-likeness (QED) is 0.579. The monoisotopic (exact) mass is 281 g/mol. The molecule has 2 atom stereocenters. The minimum atomic E-state index is -0.631. The van der Waals surface area contributed by atoms with Crippen LogP contribution in [-0.2, 0) is 19.1 Å². The third-order valence-electron chi connectivity index (χ3n) is 3.74. The highest BCUT2D eigenvalue weighted by Gasteiger charge is 2.42. The molecule has 0 N–H and O–H groups in total. The van der Waals surface area contributed by atoms with Gasteiger partial charge in [-0.15, -0.1) is 0 Å². The molecular weight excluding hydrogens is 262 g/mol. The summed E-state index contributed by atoms with van der Waals surface area (Å²) in [5, 5.41) is 0. The van der Waals surface area contributed by atoms with Crippen molar-refractivity contribution in [2.45, 2.75) is 26.2 Å². The Labute approximate surface area is 117 Å². The molecule has 0 unspecified atom stereocenters. The van der Waals surface area contributed by atoms with Gasteiger partial charge >= 0.3 is 12.1 Å². The first-order valence-corrected chi connectivity index (χ1v) is 6.86. The van der Waals surface area contributed by atoms with Crippen LogP contribution in [0.1, 0.15) is 26.2 Å². The predicted octanol–water partition coefficient (Wildman–Crippen LogP) is 1.50. The zero-order valence-corrected chi connectivity index (χ0v) is 11.6. The minimum Gasteiger partial charge on any atom is -0.466 e. The van der Waals surface area contributed by atoms with Crippen molar-refractivity contribution in [2.75, 3.05) is 19.8 Å². The molecule has 0 aromatic heterocycles. The molecule has 2 amide bonds. The van der Waals surface area contributed by atoms with Crippen molar-refractivity contribution in [3.05, 3.63) is 12.2 Å². The number of amides is 2. The largest absolute Gasteiger partial charge is 0.466 e. The van der Waals surface area contributed by atoms with E-state index in [9.17, 15) is 14.4 Å². The van der Waals surface area contributed by atoms with E-state index in [0.717, 1.165) is 10.5 Å². The van der Waals surface area contributed by atoms with E-state index >= 15 is 0 Å². The summed E-state index contributed by atoms with van der Waals surface area (Å²) in [5.41, 5.74) is 0.927. The van der Waals surface area contributed by atoms with Crippen LogP contribution in [-0.4, -0.2) is 42.6 Å². The van der Waals surface area contributed by atoms with E-state index in [-0.39, 0.29) is 31.6 Å². The lowest BCUT2D eigenvalue weighted by molar-refractivity contribution is -0.155. The summed E-state index contributed by atoms with van der Waals surface area (Å²) in [4.78, 5) is 37.0. The van der Waals surface area contributed by atoms with Crippen LogP contribution in [0.15, 0.2) is 12.2 Å². The van der Waals surface area contributed by atoms with Gasteiger partial charge in [0, 0.05) is 0 Å². The van der Waals surface area contributed by atoms with E-state index in [2.05, 4.69) is 6.58 Å². The van der Waals surface area contributed by atoms with Crippen LogP contribution in [0.4, 0.5) is 4.79 Å². The van der Waals surface area contributed by atoms with Gasteiger partial charge in [0.05, 0.1) is 25.0 Å². The van der Waals surface area contributed by atoms with Crippen LogP contribution in [0.2, 0.25) is 0 Å². The molecule has 6 heteroatoms. The standard InChI is InChI=1S/C14H19NO5/c1-3-19-13(17)10-5-4-9(2)8-11(10)12(16)15-6-7-20-14(15)18/h10-11H,2-8H2,1H3/t10-,11-/m0/s1. The van der Waals surface area contributed by atoms with Gasteiger partial charge in [-0.25, -0.2) is 9.69 Å². The van der Waals surface area contributed by atoms with Gasteiger partial charge in [-0.3, -0.25) is 9.59 Å². The molecule has 20 heavy (non-hydrogen) atoms. The Kier molecular flexibility index (Phi) is 4.42. The summed E-state index contributed by atoms with van der Waals surface area (Å²) in [7, 11) is 0. The van der Waals surface area contributed by atoms with Crippen molar-refractivity contribution in [1.82, 2.24) is 4.90 Å². The molecule has 0 aromatic rings. The van der Waals surface area contributed by atoms with Gasteiger partial charge in [0.25, 0.3) is 0 Å². The Balaban J connectivity index is 2.14. The van der Waals surface area contributed by atoms with E-state index < -0.39 is 17.9 Å². The van der Waals surface area contributed by atoms with Crippen LogP contribution in [0.25, 0.3) is 0 Å². The molecule has 2 fully saturated rings. The van der Waals surface area contributed by atoms with Gasteiger partial charge in [-0.05, 0) is 26.2 Å². The predicted molar refractivity (Wildman–Crippen MR) is 69.7 cm³/mol. The lowest BCUT2D eigenvalue weighted by atomic mass is 9.76. The first-order chi connectivity index (χ1) is 9.54. The molecule has 110 valence electrons. The number of hydrogen-bond acceptors (Lipinski definition) is 5. The van der Waals surface area contributed by atoms with Crippen molar-refractivity contribution in [2.24, 2.45) is 11.8 Å². The molecule has 1 aliphatic carbocycles. The van der Waals surface area contributed by atoms with Crippen molar-refractivity contribution in [3.63, 3.8) is 0 Å². The average molecular weight is 281 g/mol. The van der Waals surface area contributed by atoms with Gasteiger partial charge in [0.15, 0.2) is 0 Å². The van der Waals surface area contributed by atoms with E-state index in [0.29, 0.717) is 19.3 Å². The van der Waals surface area contributed by atoms with Crippen molar-refractivity contribution < 1.29 is 23.9 Å². The number of hydrogen-bond donors (Lipinski definition) is 0. The Morgan fingerprint density at radius 1 is 1.45 bits per heavy atom. The summed E-state index contributed by atoms with van der Waals surface area (Å²) in [6, 6.07) is 0. The first kappa shape index (κ1) is 14.6. The third kappa shape index (κ3) is 2.84. The molecule has 2 aliphatic rings. The van der Waals surface area contributed by atoms with Gasteiger partial charge in [0.1, 0.15) is 6.61 Å². The second kappa shape index (κ2) is 6.07. The van der Waals surface area contributed by atoms with Crippen LogP contribution >= 0.6 is 0 Å². The molecule has 0 spiro atoms. The maximum Gasteiger partial charge on any atom is 0.416 e. The summed E-state index contributed by atoms with van der Waals surface area (Å²) in [6.45, 7) is 6.36. The Morgan fingerprint density at radius 3 is 2.80 bits per heavy atom. The molecule has 1 aliphatic heterocycles. The minimum absolute atomic E-state index is 0.211. The highest BCUT2D eigenvalue weighted by molar-refractivity contribution is 5.96. The fraction of sp³-hybridized carbons (Fsp3) is 0.643. The molecule has 0 aromatic carbocycles. The highest BCUT2D eigenvalue weighted by atomic mass is 16.6. The second-order valence-corrected chi connectivity index (χ2v) is 5.06. The maximum atomic E-state index is 12.5. The van der Waals surface area contributed by atoms with Gasteiger partial charge in [-0.2, -0.15) is 0 Å². The Bertz CT molecular complexity index is 445. The number of nitrogens with zero attached hydrogens (tertiary/aromatic N) is 1. The average Bonchev–Trinajstić information content (AvgIpc) is 2.84. The SMILES string of the molecule is C=C1CC[C@H](C(=O)OCC)[C@@H](C(=O)N2CCOC2=O)C1. The molecule has 0 bridgehead atoms. The summed E-state index contributed by atoms with van der Waals surface area (Å²) in [5.74, 6) is -1.79. The van der Waals surface area contributed by atoms with Crippen molar-refractivity contribution in [1.29, 1.82) is 0 Å². The highest BCUT2D eigenvalue weighted by Crippen LogP contribution is 2.35. The van der Waals surface area contributed by atoms with Crippen LogP contribution in [0, 0.1) is 11.8 Å². The number of cyclic esters (lactones) is 1. The number of rotatable bonds is 3. The fourth-order valence-electron chi connectivity index (χ4n) is 2.70. The van der Waals surface area contributed by atoms with Crippen LogP contribution in [0.3, 0.4) is 0 Å². The Hall–Kier alpha value is -1.85. The summed E-state index contributed by atoms with van der Waals surface area (Å²) in [6.07, 6.45) is 1.04. The van der Waals surface area contributed by atoms with E-state index in [1.54, 1.807) is 6.92 Å². The second-order valence-electron chi connectivity index (χ2n) is 5.06. The zero-order valence-electron chi connectivity index (χ0n) is 11.6. The Morgan fingerprint density at radius 2 is 2.20 bits per heavy atom. The van der Waals surface area contributed by atoms with E-state index in [4.69, 9.17) is 9.47 Å².